The molecular weight excluding hydrogens is 424 g/mol. The predicted molar refractivity (Wildman–Crippen MR) is 135 cm³/mol. The fraction of sp³-hybridized carbons (Fsp3) is 0.520. The van der Waals surface area contributed by atoms with Crippen molar-refractivity contribution in [2.75, 3.05) is 29.9 Å². The molecule has 0 amide bonds. The van der Waals surface area contributed by atoms with Crippen molar-refractivity contribution in [1.82, 2.24) is 10.3 Å². The van der Waals surface area contributed by atoms with Crippen LogP contribution >= 0.6 is 23.8 Å². The van der Waals surface area contributed by atoms with Crippen molar-refractivity contribution >= 4 is 40.4 Å². The zero-order valence-electron chi connectivity index (χ0n) is 18.2. The Morgan fingerprint density at radius 3 is 2.42 bits per heavy atom. The summed E-state index contributed by atoms with van der Waals surface area (Å²) in [5.74, 6) is 1.06. The highest BCUT2D eigenvalue weighted by atomic mass is 35.5. The summed E-state index contributed by atoms with van der Waals surface area (Å²) in [4.78, 5) is 7.07. The van der Waals surface area contributed by atoms with Gasteiger partial charge in [-0.3, -0.25) is 0 Å². The molecule has 2 heterocycles. The molecule has 2 aromatic rings. The average molecular weight is 457 g/mol. The van der Waals surface area contributed by atoms with E-state index in [1.807, 2.05) is 12.3 Å². The lowest BCUT2D eigenvalue weighted by Crippen LogP contribution is -2.43. The van der Waals surface area contributed by atoms with Crippen LogP contribution in [-0.4, -0.2) is 29.7 Å². The first-order valence-electron chi connectivity index (χ1n) is 11.7. The molecule has 0 unspecified atom stereocenters. The van der Waals surface area contributed by atoms with Crippen LogP contribution in [-0.2, 0) is 5.41 Å². The van der Waals surface area contributed by atoms with Crippen molar-refractivity contribution in [3.63, 3.8) is 0 Å². The van der Waals surface area contributed by atoms with Gasteiger partial charge < -0.3 is 15.5 Å². The minimum absolute atomic E-state index is 0.0871. The summed E-state index contributed by atoms with van der Waals surface area (Å²) in [6, 6.07) is 12.5. The van der Waals surface area contributed by atoms with E-state index in [1.54, 1.807) is 0 Å². The molecule has 1 saturated carbocycles. The number of anilines is 2. The third kappa shape index (κ3) is 5.89. The smallest absolute Gasteiger partial charge is 0.170 e. The van der Waals surface area contributed by atoms with Gasteiger partial charge in [0.25, 0.3) is 0 Å². The molecule has 2 fully saturated rings. The van der Waals surface area contributed by atoms with Crippen molar-refractivity contribution in [3.8, 4) is 0 Å². The maximum Gasteiger partial charge on any atom is 0.170 e. The molecule has 1 aliphatic carbocycles. The molecule has 1 aliphatic heterocycles. The molecule has 166 valence electrons. The van der Waals surface area contributed by atoms with Crippen LogP contribution < -0.4 is 15.5 Å². The van der Waals surface area contributed by atoms with Crippen molar-refractivity contribution in [2.45, 2.75) is 63.2 Å². The van der Waals surface area contributed by atoms with E-state index in [4.69, 9.17) is 23.8 Å². The Hall–Kier alpha value is -1.85. The van der Waals surface area contributed by atoms with E-state index in [-0.39, 0.29) is 5.41 Å². The molecule has 4 rings (SSSR count). The van der Waals surface area contributed by atoms with Gasteiger partial charge >= 0.3 is 0 Å². The van der Waals surface area contributed by atoms with Gasteiger partial charge in [-0.2, -0.15) is 0 Å². The Labute approximate surface area is 196 Å². The zero-order chi connectivity index (χ0) is 21.5. The lowest BCUT2D eigenvalue weighted by molar-refractivity contribution is 0.292. The largest absolute Gasteiger partial charge is 0.362 e. The van der Waals surface area contributed by atoms with E-state index >= 15 is 0 Å². The summed E-state index contributed by atoms with van der Waals surface area (Å²) < 4.78 is 0. The van der Waals surface area contributed by atoms with E-state index in [1.165, 1.54) is 50.5 Å². The molecule has 6 heteroatoms. The lowest BCUT2D eigenvalue weighted by Gasteiger charge is -2.38. The Morgan fingerprint density at radius 1 is 1.00 bits per heavy atom. The van der Waals surface area contributed by atoms with Gasteiger partial charge in [0.1, 0.15) is 5.82 Å². The summed E-state index contributed by atoms with van der Waals surface area (Å²) >= 11 is 11.9. The highest BCUT2D eigenvalue weighted by Crippen LogP contribution is 2.39. The van der Waals surface area contributed by atoms with Crippen LogP contribution in [0, 0.1) is 0 Å². The Bertz CT molecular complexity index is 856. The maximum atomic E-state index is 6.31. The third-order valence-electron chi connectivity index (χ3n) is 6.77. The van der Waals surface area contributed by atoms with Gasteiger partial charge in [0.15, 0.2) is 5.11 Å². The maximum absolute atomic E-state index is 6.31. The van der Waals surface area contributed by atoms with E-state index in [9.17, 15) is 0 Å². The summed E-state index contributed by atoms with van der Waals surface area (Å²) in [6.07, 6.45) is 13.2. The number of nitrogens with one attached hydrogen (secondary N) is 2. The molecule has 0 radical (unpaired) electrons. The van der Waals surface area contributed by atoms with Gasteiger partial charge in [0.2, 0.25) is 0 Å². The van der Waals surface area contributed by atoms with Gasteiger partial charge in [-0.05, 0) is 67.7 Å². The molecule has 0 spiro atoms. The van der Waals surface area contributed by atoms with Gasteiger partial charge in [0.05, 0.1) is 11.9 Å². The predicted octanol–water partition coefficient (Wildman–Crippen LogP) is 6.30. The molecule has 2 N–H and O–H groups in total. The topological polar surface area (TPSA) is 40.2 Å². The molecule has 1 saturated heterocycles. The summed E-state index contributed by atoms with van der Waals surface area (Å²) in [5, 5.41) is 8.26. The van der Waals surface area contributed by atoms with Crippen LogP contribution in [0.3, 0.4) is 0 Å². The fourth-order valence-corrected chi connectivity index (χ4v) is 5.37. The van der Waals surface area contributed by atoms with Crippen molar-refractivity contribution < 1.29 is 0 Å². The van der Waals surface area contributed by atoms with E-state index < -0.39 is 0 Å². The molecule has 0 bridgehead atoms. The van der Waals surface area contributed by atoms with Crippen LogP contribution in [0.1, 0.15) is 63.4 Å². The lowest BCUT2D eigenvalue weighted by atomic mass is 9.69. The average Bonchev–Trinajstić information content (AvgIpc) is 3.09. The summed E-state index contributed by atoms with van der Waals surface area (Å²) in [5.41, 5.74) is 2.33. The highest BCUT2D eigenvalue weighted by Gasteiger charge is 2.34. The minimum atomic E-state index is 0.0871. The van der Waals surface area contributed by atoms with Gasteiger partial charge in [-0.1, -0.05) is 55.8 Å². The zero-order valence-corrected chi connectivity index (χ0v) is 19.8. The highest BCUT2D eigenvalue weighted by molar-refractivity contribution is 7.80. The number of rotatable bonds is 5. The standard InChI is InChI=1S/C25H33ClN4S/c26-21-10-8-9-20(17-21)25(13-4-3-5-14-25)19-28-24(31)29-22-11-12-23(27-18-22)30-15-6-1-2-7-16-30/h8-12,17-18H,1-7,13-16,19H2,(H2,28,29,31). The summed E-state index contributed by atoms with van der Waals surface area (Å²) in [7, 11) is 0. The first-order valence-corrected chi connectivity index (χ1v) is 12.5. The van der Waals surface area contributed by atoms with Gasteiger partial charge in [-0.15, -0.1) is 0 Å². The van der Waals surface area contributed by atoms with E-state index in [2.05, 4.69) is 50.8 Å². The normalized spacial score (nSPS) is 18.8. The van der Waals surface area contributed by atoms with E-state index in [0.29, 0.717) is 5.11 Å². The number of pyridine rings is 1. The van der Waals surface area contributed by atoms with Crippen LogP contribution in [0.2, 0.25) is 5.02 Å². The monoisotopic (exact) mass is 456 g/mol. The third-order valence-corrected chi connectivity index (χ3v) is 7.25. The molecule has 0 atom stereocenters. The Morgan fingerprint density at radius 2 is 1.74 bits per heavy atom. The number of aromatic nitrogens is 1. The number of hydrogen-bond donors (Lipinski definition) is 2. The number of nitrogens with zero attached hydrogens (tertiary/aromatic N) is 2. The first kappa shape index (κ1) is 22.3. The van der Waals surface area contributed by atoms with Crippen LogP contribution in [0.15, 0.2) is 42.6 Å². The number of benzene rings is 1. The second-order valence-corrected chi connectivity index (χ2v) is 9.81. The van der Waals surface area contributed by atoms with Gasteiger partial charge in [-0.25, -0.2) is 4.98 Å². The molecule has 31 heavy (non-hydrogen) atoms. The van der Waals surface area contributed by atoms with Gasteiger partial charge in [0, 0.05) is 30.1 Å². The molecule has 1 aromatic heterocycles. The second kappa shape index (κ2) is 10.6. The van der Waals surface area contributed by atoms with Crippen LogP contribution in [0.25, 0.3) is 0 Å². The first-order chi connectivity index (χ1) is 15.1. The van der Waals surface area contributed by atoms with Crippen LogP contribution in [0.5, 0.6) is 0 Å². The van der Waals surface area contributed by atoms with Crippen LogP contribution in [0.4, 0.5) is 11.5 Å². The molecule has 4 nitrogen and oxygen atoms in total. The second-order valence-electron chi connectivity index (χ2n) is 8.97. The van der Waals surface area contributed by atoms with Crippen molar-refractivity contribution in [1.29, 1.82) is 0 Å². The Balaban J connectivity index is 1.36. The van der Waals surface area contributed by atoms with Crippen molar-refractivity contribution in [3.05, 3.63) is 53.2 Å². The minimum Gasteiger partial charge on any atom is -0.362 e. The fourth-order valence-electron chi connectivity index (χ4n) is 4.99. The Kier molecular flexibility index (Phi) is 7.67. The molecular formula is C25H33ClN4S. The summed E-state index contributed by atoms with van der Waals surface area (Å²) in [6.45, 7) is 3.02. The SMILES string of the molecule is S=C(NCC1(c2cccc(Cl)c2)CCCCC1)Nc1ccc(N2CCCCCC2)nc1. The number of halogens is 1. The quantitative estimate of drug-likeness (QED) is 0.516. The number of hydrogen-bond acceptors (Lipinski definition) is 3. The number of thiocarbonyl (C=S) groups is 1. The van der Waals surface area contributed by atoms with Crippen molar-refractivity contribution in [2.24, 2.45) is 0 Å². The molecule has 1 aromatic carbocycles. The van der Waals surface area contributed by atoms with E-state index in [0.717, 1.165) is 49.0 Å². The molecule has 2 aliphatic rings.